The molecule has 1 heterocycles. The molecule has 1 nitrogen and oxygen atoms in total. The van der Waals surface area contributed by atoms with Gasteiger partial charge in [-0.15, -0.1) is 0 Å². The molecule has 72 valence electrons. The lowest BCUT2D eigenvalue weighted by Crippen LogP contribution is -2.41. The molecule has 1 aliphatic heterocycles. The molecule has 1 heteroatoms. The molecule has 2 atom stereocenters. The zero-order valence-corrected chi connectivity index (χ0v) is 9.01. The minimum Gasteiger partial charge on any atom is -0.301 e. The van der Waals surface area contributed by atoms with Crippen LogP contribution in [0.3, 0.4) is 0 Å². The van der Waals surface area contributed by atoms with Crippen molar-refractivity contribution in [3.63, 3.8) is 0 Å². The first-order chi connectivity index (χ1) is 5.65. The predicted molar refractivity (Wildman–Crippen MR) is 54.3 cm³/mol. The van der Waals surface area contributed by atoms with Crippen molar-refractivity contribution in [3.05, 3.63) is 0 Å². The summed E-state index contributed by atoms with van der Waals surface area (Å²) in [5.74, 6) is 1.86. The number of likely N-dealkylation sites (tertiary alicyclic amines) is 1. The first kappa shape index (κ1) is 10.0. The molecule has 0 aromatic rings. The van der Waals surface area contributed by atoms with Crippen LogP contribution >= 0.6 is 0 Å². The summed E-state index contributed by atoms with van der Waals surface area (Å²) in [4.78, 5) is 2.60. The Morgan fingerprint density at radius 2 is 2.08 bits per heavy atom. The van der Waals surface area contributed by atoms with Gasteiger partial charge in [0.2, 0.25) is 0 Å². The first-order valence-corrected chi connectivity index (χ1v) is 5.39. The maximum atomic E-state index is 2.60. The van der Waals surface area contributed by atoms with Gasteiger partial charge in [-0.1, -0.05) is 20.8 Å². The van der Waals surface area contributed by atoms with Crippen LogP contribution in [0.2, 0.25) is 0 Å². The van der Waals surface area contributed by atoms with E-state index in [-0.39, 0.29) is 0 Å². The summed E-state index contributed by atoms with van der Waals surface area (Å²) in [6.07, 6.45) is 2.82. The van der Waals surface area contributed by atoms with Crippen molar-refractivity contribution in [1.29, 1.82) is 0 Å². The van der Waals surface area contributed by atoms with Crippen molar-refractivity contribution in [2.45, 2.75) is 46.6 Å². The SMILES string of the molecule is CCN1CCC(C(C)C)C[C@@H]1C. The fourth-order valence-electron chi connectivity index (χ4n) is 2.33. The van der Waals surface area contributed by atoms with Gasteiger partial charge in [-0.05, 0) is 44.7 Å². The van der Waals surface area contributed by atoms with E-state index in [2.05, 4.69) is 32.6 Å². The van der Waals surface area contributed by atoms with Gasteiger partial charge in [0.1, 0.15) is 0 Å². The van der Waals surface area contributed by atoms with Gasteiger partial charge in [-0.2, -0.15) is 0 Å². The lowest BCUT2D eigenvalue weighted by atomic mass is 9.83. The van der Waals surface area contributed by atoms with Gasteiger partial charge >= 0.3 is 0 Å². The number of piperidine rings is 1. The van der Waals surface area contributed by atoms with Gasteiger partial charge in [0.15, 0.2) is 0 Å². The third kappa shape index (κ3) is 2.22. The standard InChI is InChI=1S/C11H23N/c1-5-12-7-6-11(9(2)3)8-10(12)4/h9-11H,5-8H2,1-4H3/t10-,11?/m0/s1. The van der Waals surface area contributed by atoms with Crippen molar-refractivity contribution < 1.29 is 0 Å². The molecule has 1 fully saturated rings. The lowest BCUT2D eigenvalue weighted by Gasteiger charge is -2.38. The molecule has 0 amide bonds. The quantitative estimate of drug-likeness (QED) is 0.614. The van der Waals surface area contributed by atoms with E-state index in [4.69, 9.17) is 0 Å². The maximum absolute atomic E-state index is 2.60. The van der Waals surface area contributed by atoms with Gasteiger partial charge in [0, 0.05) is 6.04 Å². The van der Waals surface area contributed by atoms with Gasteiger partial charge < -0.3 is 4.90 Å². The Morgan fingerprint density at radius 3 is 2.50 bits per heavy atom. The van der Waals surface area contributed by atoms with Crippen molar-refractivity contribution in [3.8, 4) is 0 Å². The summed E-state index contributed by atoms with van der Waals surface area (Å²) in [7, 11) is 0. The summed E-state index contributed by atoms with van der Waals surface area (Å²) >= 11 is 0. The maximum Gasteiger partial charge on any atom is 0.00695 e. The third-order valence-electron chi connectivity index (χ3n) is 3.40. The van der Waals surface area contributed by atoms with Crippen LogP contribution in [0.25, 0.3) is 0 Å². The Bertz CT molecular complexity index is 131. The van der Waals surface area contributed by atoms with Gasteiger partial charge in [-0.3, -0.25) is 0 Å². The third-order valence-corrected chi connectivity index (χ3v) is 3.40. The molecule has 1 aliphatic rings. The van der Waals surface area contributed by atoms with Crippen molar-refractivity contribution in [1.82, 2.24) is 4.90 Å². The van der Waals surface area contributed by atoms with E-state index in [1.165, 1.54) is 25.9 Å². The normalized spacial score (nSPS) is 32.8. The summed E-state index contributed by atoms with van der Waals surface area (Å²) in [6.45, 7) is 11.9. The molecular weight excluding hydrogens is 146 g/mol. The Morgan fingerprint density at radius 1 is 1.42 bits per heavy atom. The highest BCUT2D eigenvalue weighted by atomic mass is 15.1. The van der Waals surface area contributed by atoms with E-state index in [1.54, 1.807) is 0 Å². The first-order valence-electron chi connectivity index (χ1n) is 5.39. The second-order valence-electron chi connectivity index (χ2n) is 4.51. The highest BCUT2D eigenvalue weighted by Crippen LogP contribution is 2.27. The molecule has 0 bridgehead atoms. The summed E-state index contributed by atoms with van der Waals surface area (Å²) < 4.78 is 0. The van der Waals surface area contributed by atoms with Crippen molar-refractivity contribution in [2.75, 3.05) is 13.1 Å². The zero-order valence-electron chi connectivity index (χ0n) is 9.01. The highest BCUT2D eigenvalue weighted by Gasteiger charge is 2.25. The Kier molecular flexibility index (Phi) is 3.57. The largest absolute Gasteiger partial charge is 0.301 e. The molecule has 0 N–H and O–H groups in total. The second kappa shape index (κ2) is 4.27. The number of nitrogens with zero attached hydrogens (tertiary/aromatic N) is 1. The van der Waals surface area contributed by atoms with E-state index in [0.29, 0.717) is 0 Å². The molecule has 0 aromatic carbocycles. The fraction of sp³-hybridized carbons (Fsp3) is 1.00. The second-order valence-corrected chi connectivity index (χ2v) is 4.51. The van der Waals surface area contributed by atoms with E-state index < -0.39 is 0 Å². The molecular formula is C11H23N. The smallest absolute Gasteiger partial charge is 0.00695 e. The minimum atomic E-state index is 0.816. The van der Waals surface area contributed by atoms with E-state index >= 15 is 0 Å². The Balaban J connectivity index is 2.40. The molecule has 1 unspecified atom stereocenters. The van der Waals surface area contributed by atoms with Crippen LogP contribution in [0.1, 0.15) is 40.5 Å². The van der Waals surface area contributed by atoms with Crippen LogP contribution in [-0.4, -0.2) is 24.0 Å². The van der Waals surface area contributed by atoms with Crippen LogP contribution in [0.5, 0.6) is 0 Å². The molecule has 1 rings (SSSR count). The molecule has 0 saturated carbocycles. The number of hydrogen-bond acceptors (Lipinski definition) is 1. The van der Waals surface area contributed by atoms with Crippen molar-refractivity contribution in [2.24, 2.45) is 11.8 Å². The van der Waals surface area contributed by atoms with Crippen LogP contribution < -0.4 is 0 Å². The van der Waals surface area contributed by atoms with Crippen LogP contribution in [0.4, 0.5) is 0 Å². The van der Waals surface area contributed by atoms with Crippen LogP contribution in [0, 0.1) is 11.8 Å². The molecule has 0 radical (unpaired) electrons. The fourth-order valence-corrected chi connectivity index (χ4v) is 2.33. The summed E-state index contributed by atoms with van der Waals surface area (Å²) in [6, 6.07) is 0.816. The summed E-state index contributed by atoms with van der Waals surface area (Å²) in [5, 5.41) is 0. The lowest BCUT2D eigenvalue weighted by molar-refractivity contribution is 0.109. The Hall–Kier alpha value is -0.0400. The van der Waals surface area contributed by atoms with E-state index in [1.807, 2.05) is 0 Å². The van der Waals surface area contributed by atoms with Crippen molar-refractivity contribution >= 4 is 0 Å². The highest BCUT2D eigenvalue weighted by molar-refractivity contribution is 4.79. The van der Waals surface area contributed by atoms with Gasteiger partial charge in [-0.25, -0.2) is 0 Å². The number of rotatable bonds is 2. The minimum absolute atomic E-state index is 0.816. The van der Waals surface area contributed by atoms with Crippen LogP contribution in [-0.2, 0) is 0 Å². The Labute approximate surface area is 77.1 Å². The average Bonchev–Trinajstić information content (AvgIpc) is 2.04. The molecule has 0 aliphatic carbocycles. The van der Waals surface area contributed by atoms with E-state index in [9.17, 15) is 0 Å². The van der Waals surface area contributed by atoms with E-state index in [0.717, 1.165) is 17.9 Å². The molecule has 12 heavy (non-hydrogen) atoms. The predicted octanol–water partition coefficient (Wildman–Crippen LogP) is 2.76. The zero-order chi connectivity index (χ0) is 9.14. The number of hydrogen-bond donors (Lipinski definition) is 0. The monoisotopic (exact) mass is 169 g/mol. The topological polar surface area (TPSA) is 3.24 Å². The van der Waals surface area contributed by atoms with Crippen LogP contribution in [0.15, 0.2) is 0 Å². The van der Waals surface area contributed by atoms with Gasteiger partial charge in [0.25, 0.3) is 0 Å². The van der Waals surface area contributed by atoms with Gasteiger partial charge in [0.05, 0.1) is 0 Å². The summed E-state index contributed by atoms with van der Waals surface area (Å²) in [5.41, 5.74) is 0. The average molecular weight is 169 g/mol. The molecule has 1 saturated heterocycles. The molecule has 0 spiro atoms. The molecule has 0 aromatic heterocycles.